The molecule has 1 atom stereocenters. The van der Waals surface area contributed by atoms with Gasteiger partial charge in [-0.15, -0.1) is 6.58 Å². The lowest BCUT2D eigenvalue weighted by Crippen LogP contribution is -2.34. The SMILES string of the molecule is C=CCOC[C@@H](O)CN(Cc1ccco1)Cc1c(C)nn(-c2ccccc2)c1Oc1ccccc1. The normalized spacial score (nSPS) is 12.1. The molecule has 2 aromatic heterocycles. The lowest BCUT2D eigenvalue weighted by atomic mass is 10.2. The fourth-order valence-corrected chi connectivity index (χ4v) is 3.84. The molecule has 0 fully saturated rings. The molecule has 0 amide bonds. The van der Waals surface area contributed by atoms with Crippen molar-refractivity contribution in [1.82, 2.24) is 14.7 Å². The standard InChI is InChI=1S/C28H31N3O4/c1-3-16-33-21-24(32)18-30(19-26-15-10-17-34-26)20-27-22(2)29-31(23-11-6-4-7-12-23)28(27)35-25-13-8-5-9-14-25/h3-15,17,24,32H,1,16,18-21H2,2H3/t24-/m0/s1. The van der Waals surface area contributed by atoms with Gasteiger partial charge in [-0.05, 0) is 43.3 Å². The zero-order valence-corrected chi connectivity index (χ0v) is 19.9. The van der Waals surface area contributed by atoms with Crippen LogP contribution in [0.25, 0.3) is 5.69 Å². The van der Waals surface area contributed by atoms with Gasteiger partial charge in [0.15, 0.2) is 0 Å². The van der Waals surface area contributed by atoms with Gasteiger partial charge in [-0.3, -0.25) is 4.90 Å². The Morgan fingerprint density at radius 2 is 1.80 bits per heavy atom. The monoisotopic (exact) mass is 473 g/mol. The highest BCUT2D eigenvalue weighted by Crippen LogP contribution is 2.32. The maximum absolute atomic E-state index is 10.6. The summed E-state index contributed by atoms with van der Waals surface area (Å²) in [5, 5.41) is 15.4. The molecule has 0 unspecified atom stereocenters. The molecular formula is C28H31N3O4. The molecule has 4 aromatic rings. The Balaban J connectivity index is 1.65. The summed E-state index contributed by atoms with van der Waals surface area (Å²) in [4.78, 5) is 2.11. The summed E-state index contributed by atoms with van der Waals surface area (Å²) in [6.45, 7) is 7.65. The van der Waals surface area contributed by atoms with E-state index in [1.165, 1.54) is 0 Å². The van der Waals surface area contributed by atoms with E-state index >= 15 is 0 Å². The first-order valence-electron chi connectivity index (χ1n) is 11.6. The number of hydrogen-bond donors (Lipinski definition) is 1. The minimum absolute atomic E-state index is 0.219. The van der Waals surface area contributed by atoms with Crippen LogP contribution in [0, 0.1) is 6.92 Å². The molecular weight excluding hydrogens is 442 g/mol. The second kappa shape index (κ2) is 12.2. The molecule has 0 bridgehead atoms. The molecule has 2 aromatic carbocycles. The van der Waals surface area contributed by atoms with Crippen LogP contribution in [0.15, 0.2) is 96.1 Å². The van der Waals surface area contributed by atoms with Gasteiger partial charge in [-0.25, -0.2) is 4.68 Å². The summed E-state index contributed by atoms with van der Waals surface area (Å²) in [5.41, 5.74) is 2.69. The van der Waals surface area contributed by atoms with Crippen LogP contribution in [0.3, 0.4) is 0 Å². The molecule has 0 aliphatic rings. The van der Waals surface area contributed by atoms with Gasteiger partial charge in [0.2, 0.25) is 5.88 Å². The Kier molecular flexibility index (Phi) is 8.51. The molecule has 0 aliphatic heterocycles. The minimum atomic E-state index is -0.673. The van der Waals surface area contributed by atoms with Gasteiger partial charge in [0.25, 0.3) is 0 Å². The molecule has 35 heavy (non-hydrogen) atoms. The molecule has 0 spiro atoms. The van der Waals surface area contributed by atoms with E-state index in [-0.39, 0.29) is 6.61 Å². The molecule has 0 saturated carbocycles. The predicted molar refractivity (Wildman–Crippen MR) is 135 cm³/mol. The molecule has 182 valence electrons. The Morgan fingerprint density at radius 1 is 1.06 bits per heavy atom. The number of furan rings is 1. The minimum Gasteiger partial charge on any atom is -0.468 e. The highest BCUT2D eigenvalue weighted by atomic mass is 16.5. The largest absolute Gasteiger partial charge is 0.468 e. The van der Waals surface area contributed by atoms with E-state index in [0.717, 1.165) is 28.5 Å². The number of rotatable bonds is 13. The first kappa shape index (κ1) is 24.5. The van der Waals surface area contributed by atoms with Gasteiger partial charge < -0.3 is 19.0 Å². The maximum Gasteiger partial charge on any atom is 0.227 e. The van der Waals surface area contributed by atoms with Crippen molar-refractivity contribution in [2.75, 3.05) is 19.8 Å². The number of aryl methyl sites for hydroxylation is 1. The van der Waals surface area contributed by atoms with Crippen LogP contribution >= 0.6 is 0 Å². The lowest BCUT2D eigenvalue weighted by Gasteiger charge is -2.24. The number of para-hydroxylation sites is 2. The van der Waals surface area contributed by atoms with Gasteiger partial charge >= 0.3 is 0 Å². The van der Waals surface area contributed by atoms with E-state index in [0.29, 0.717) is 32.1 Å². The summed E-state index contributed by atoms with van der Waals surface area (Å²) in [5.74, 6) is 2.17. The van der Waals surface area contributed by atoms with E-state index < -0.39 is 6.10 Å². The van der Waals surface area contributed by atoms with Crippen LogP contribution in [-0.4, -0.2) is 45.6 Å². The van der Waals surface area contributed by atoms with E-state index in [9.17, 15) is 5.11 Å². The van der Waals surface area contributed by atoms with Gasteiger partial charge in [-0.2, -0.15) is 5.10 Å². The maximum atomic E-state index is 10.6. The van der Waals surface area contributed by atoms with Crippen LogP contribution in [0.1, 0.15) is 17.0 Å². The summed E-state index contributed by atoms with van der Waals surface area (Å²) in [7, 11) is 0. The summed E-state index contributed by atoms with van der Waals surface area (Å²) in [6.07, 6.45) is 2.65. The first-order valence-corrected chi connectivity index (χ1v) is 11.6. The highest BCUT2D eigenvalue weighted by molar-refractivity contribution is 5.43. The molecule has 0 radical (unpaired) electrons. The van der Waals surface area contributed by atoms with Gasteiger partial charge in [0, 0.05) is 13.1 Å². The average molecular weight is 474 g/mol. The Hall–Kier alpha value is -3.65. The third-order valence-corrected chi connectivity index (χ3v) is 5.45. The average Bonchev–Trinajstić information content (AvgIpc) is 3.49. The van der Waals surface area contributed by atoms with Crippen molar-refractivity contribution >= 4 is 0 Å². The second-order valence-electron chi connectivity index (χ2n) is 8.26. The van der Waals surface area contributed by atoms with Gasteiger partial charge in [-0.1, -0.05) is 42.5 Å². The first-order chi connectivity index (χ1) is 17.1. The highest BCUT2D eigenvalue weighted by Gasteiger charge is 2.23. The Labute approximate surface area is 205 Å². The van der Waals surface area contributed by atoms with Crippen molar-refractivity contribution in [3.63, 3.8) is 0 Å². The topological polar surface area (TPSA) is 72.9 Å². The number of hydrogen-bond acceptors (Lipinski definition) is 6. The van der Waals surface area contributed by atoms with E-state index in [1.54, 1.807) is 12.3 Å². The van der Waals surface area contributed by atoms with Crippen LogP contribution in [0.4, 0.5) is 0 Å². The molecule has 7 heteroatoms. The smallest absolute Gasteiger partial charge is 0.227 e. The zero-order valence-electron chi connectivity index (χ0n) is 19.9. The number of benzene rings is 2. The number of nitrogens with zero attached hydrogens (tertiary/aromatic N) is 3. The quantitative estimate of drug-likeness (QED) is 0.214. The Morgan fingerprint density at radius 3 is 2.49 bits per heavy atom. The predicted octanol–water partition coefficient (Wildman–Crippen LogP) is 5.13. The van der Waals surface area contributed by atoms with Crippen LogP contribution in [0.2, 0.25) is 0 Å². The molecule has 4 rings (SSSR count). The van der Waals surface area contributed by atoms with Crippen LogP contribution < -0.4 is 4.74 Å². The molecule has 1 N–H and O–H groups in total. The van der Waals surface area contributed by atoms with Crippen molar-refractivity contribution in [3.8, 4) is 17.3 Å². The third-order valence-electron chi connectivity index (χ3n) is 5.45. The third kappa shape index (κ3) is 6.70. The van der Waals surface area contributed by atoms with Crippen molar-refractivity contribution in [1.29, 1.82) is 0 Å². The molecule has 0 aliphatic carbocycles. The van der Waals surface area contributed by atoms with Crippen molar-refractivity contribution in [2.45, 2.75) is 26.1 Å². The van der Waals surface area contributed by atoms with E-state index in [1.807, 2.05) is 84.4 Å². The Bertz CT molecular complexity index is 1170. The molecule has 0 saturated heterocycles. The summed E-state index contributed by atoms with van der Waals surface area (Å²) < 4.78 is 19.3. The van der Waals surface area contributed by atoms with Crippen molar-refractivity contribution in [3.05, 3.63) is 109 Å². The van der Waals surface area contributed by atoms with Crippen molar-refractivity contribution < 1.29 is 19.0 Å². The molecule has 7 nitrogen and oxygen atoms in total. The number of ether oxygens (including phenoxy) is 2. The zero-order chi connectivity index (χ0) is 24.5. The van der Waals surface area contributed by atoms with E-state index in [2.05, 4.69) is 11.5 Å². The number of aromatic nitrogens is 2. The van der Waals surface area contributed by atoms with Gasteiger partial charge in [0.05, 0.1) is 49.1 Å². The lowest BCUT2D eigenvalue weighted by molar-refractivity contribution is 0.0214. The summed E-state index contributed by atoms with van der Waals surface area (Å²) >= 11 is 0. The van der Waals surface area contributed by atoms with Gasteiger partial charge in [0.1, 0.15) is 11.5 Å². The van der Waals surface area contributed by atoms with Crippen LogP contribution in [0.5, 0.6) is 11.6 Å². The van der Waals surface area contributed by atoms with E-state index in [4.69, 9.17) is 19.0 Å². The van der Waals surface area contributed by atoms with Crippen LogP contribution in [-0.2, 0) is 17.8 Å². The fraction of sp³-hybridized carbons (Fsp3) is 0.250. The van der Waals surface area contributed by atoms with Crippen molar-refractivity contribution in [2.24, 2.45) is 0 Å². The number of aliphatic hydroxyl groups is 1. The number of aliphatic hydroxyl groups excluding tert-OH is 1. The second-order valence-corrected chi connectivity index (χ2v) is 8.26. The summed E-state index contributed by atoms with van der Waals surface area (Å²) in [6, 6.07) is 23.4. The molecule has 2 heterocycles. The fourth-order valence-electron chi connectivity index (χ4n) is 3.84.